The number of hydrogen-bond donors (Lipinski definition) is 2. The van der Waals surface area contributed by atoms with E-state index in [2.05, 4.69) is 10.3 Å². The number of fused-ring (bicyclic) bond motifs is 1. The Bertz CT molecular complexity index is 837. The predicted molar refractivity (Wildman–Crippen MR) is 98.3 cm³/mol. The fourth-order valence-electron chi connectivity index (χ4n) is 2.75. The fraction of sp³-hybridized carbons (Fsp3) is 0.294. The summed E-state index contributed by atoms with van der Waals surface area (Å²) < 4.78 is 1.02. The quantitative estimate of drug-likeness (QED) is 0.745. The van der Waals surface area contributed by atoms with Crippen LogP contribution in [0.1, 0.15) is 22.5 Å². The van der Waals surface area contributed by atoms with Crippen LogP contribution in [0.15, 0.2) is 36.4 Å². The highest BCUT2D eigenvalue weighted by molar-refractivity contribution is 7.29. The van der Waals surface area contributed by atoms with Crippen molar-refractivity contribution >= 4 is 48.9 Å². The zero-order chi connectivity index (χ0) is 16.7. The minimum absolute atomic E-state index is 0.0136. The van der Waals surface area contributed by atoms with Gasteiger partial charge in [-0.1, -0.05) is 29.5 Å². The van der Waals surface area contributed by atoms with Gasteiger partial charge >= 0.3 is 0 Å². The van der Waals surface area contributed by atoms with E-state index in [0.717, 1.165) is 20.3 Å². The Balaban J connectivity index is 1.50. The first kappa shape index (κ1) is 15.6. The third-order valence-corrected chi connectivity index (χ3v) is 6.35. The van der Waals surface area contributed by atoms with Gasteiger partial charge < -0.3 is 15.3 Å². The van der Waals surface area contributed by atoms with E-state index in [4.69, 9.17) is 0 Å². The molecule has 1 fully saturated rings. The molecular formula is C17H17N3O2S2. The molecule has 1 aromatic carbocycles. The molecule has 3 aromatic rings. The van der Waals surface area contributed by atoms with Crippen LogP contribution >= 0.6 is 22.7 Å². The van der Waals surface area contributed by atoms with E-state index in [1.807, 2.05) is 43.4 Å². The van der Waals surface area contributed by atoms with E-state index in [1.165, 1.54) is 11.3 Å². The van der Waals surface area contributed by atoms with E-state index >= 15 is 0 Å². The number of rotatable bonds is 4. The summed E-state index contributed by atoms with van der Waals surface area (Å²) in [5, 5.41) is 13.5. The van der Waals surface area contributed by atoms with Crippen molar-refractivity contribution in [3.05, 3.63) is 41.3 Å². The van der Waals surface area contributed by atoms with Gasteiger partial charge in [-0.15, -0.1) is 11.3 Å². The molecular weight excluding hydrogens is 342 g/mol. The first-order valence-corrected chi connectivity index (χ1v) is 9.41. The van der Waals surface area contributed by atoms with Gasteiger partial charge in [-0.05, 0) is 31.0 Å². The maximum atomic E-state index is 12.5. The van der Waals surface area contributed by atoms with Crippen molar-refractivity contribution in [1.29, 1.82) is 0 Å². The molecule has 1 aliphatic carbocycles. The molecule has 7 heteroatoms. The number of aliphatic hydroxyl groups excluding tert-OH is 1. The molecule has 0 atom stereocenters. The van der Waals surface area contributed by atoms with Crippen molar-refractivity contribution < 1.29 is 9.90 Å². The molecule has 0 spiro atoms. The second kappa shape index (κ2) is 6.16. The van der Waals surface area contributed by atoms with E-state index < -0.39 is 0 Å². The number of para-hydroxylation sites is 1. The van der Waals surface area contributed by atoms with Crippen molar-refractivity contribution in [2.24, 2.45) is 0 Å². The summed E-state index contributed by atoms with van der Waals surface area (Å²) in [4.78, 5) is 20.4. The molecule has 1 aliphatic rings. The smallest absolute Gasteiger partial charge is 0.264 e. The molecule has 1 amide bonds. The number of aliphatic hydroxyl groups is 1. The molecule has 2 N–H and O–H groups in total. The van der Waals surface area contributed by atoms with Gasteiger partial charge in [0.1, 0.15) is 4.83 Å². The van der Waals surface area contributed by atoms with Crippen LogP contribution in [0.5, 0.6) is 0 Å². The summed E-state index contributed by atoms with van der Waals surface area (Å²) in [5.41, 5.74) is 0.999. The number of thiazole rings is 1. The molecule has 0 unspecified atom stereocenters. The van der Waals surface area contributed by atoms with Gasteiger partial charge in [-0.2, -0.15) is 0 Å². The summed E-state index contributed by atoms with van der Waals surface area (Å²) >= 11 is 2.97. The van der Waals surface area contributed by atoms with Crippen LogP contribution in [0.4, 0.5) is 10.8 Å². The van der Waals surface area contributed by atoms with Crippen molar-refractivity contribution in [2.45, 2.75) is 25.0 Å². The Morgan fingerprint density at radius 2 is 2.04 bits per heavy atom. The van der Waals surface area contributed by atoms with Crippen LogP contribution in [0.25, 0.3) is 9.53 Å². The summed E-state index contributed by atoms with van der Waals surface area (Å²) in [6.07, 6.45) is 1.09. The highest BCUT2D eigenvalue weighted by Gasteiger charge is 2.33. The van der Waals surface area contributed by atoms with Gasteiger partial charge in [0, 0.05) is 18.8 Å². The maximum Gasteiger partial charge on any atom is 0.264 e. The lowest BCUT2D eigenvalue weighted by Crippen LogP contribution is -2.47. The van der Waals surface area contributed by atoms with Gasteiger partial charge in [-0.25, -0.2) is 4.98 Å². The minimum atomic E-state index is -0.259. The van der Waals surface area contributed by atoms with Gasteiger partial charge in [0.25, 0.3) is 5.91 Å². The van der Waals surface area contributed by atoms with E-state index in [-0.39, 0.29) is 18.1 Å². The lowest BCUT2D eigenvalue weighted by atomic mass is 9.88. The van der Waals surface area contributed by atoms with Crippen LogP contribution in [0.2, 0.25) is 0 Å². The van der Waals surface area contributed by atoms with Crippen LogP contribution in [-0.4, -0.2) is 40.1 Å². The molecule has 2 heterocycles. The van der Waals surface area contributed by atoms with E-state index in [9.17, 15) is 9.90 Å². The Morgan fingerprint density at radius 1 is 1.29 bits per heavy atom. The van der Waals surface area contributed by atoms with Crippen LogP contribution in [-0.2, 0) is 0 Å². The second-order valence-electron chi connectivity index (χ2n) is 5.99. The van der Waals surface area contributed by atoms with Gasteiger partial charge in [0.05, 0.1) is 15.7 Å². The van der Waals surface area contributed by atoms with E-state index in [0.29, 0.717) is 17.7 Å². The standard InChI is InChI=1S/C17H17N3O2S2/c1-20(11-7-12(21)8-11)16(22)14-9-13-15(23-14)19-17(24-13)18-10-5-3-2-4-6-10/h2-6,9,11-12,21H,7-8H2,1H3,(H,18,19). The number of anilines is 2. The largest absolute Gasteiger partial charge is 0.393 e. The number of aromatic nitrogens is 1. The lowest BCUT2D eigenvalue weighted by molar-refractivity contribution is 0.0135. The fourth-order valence-corrected chi connectivity index (χ4v) is 4.87. The lowest BCUT2D eigenvalue weighted by Gasteiger charge is -2.38. The van der Waals surface area contributed by atoms with Crippen LogP contribution in [0.3, 0.4) is 0 Å². The second-order valence-corrected chi connectivity index (χ2v) is 8.05. The average Bonchev–Trinajstić information content (AvgIpc) is 3.10. The Morgan fingerprint density at radius 3 is 2.71 bits per heavy atom. The summed E-state index contributed by atoms with van der Waals surface area (Å²) in [6, 6.07) is 12.0. The molecule has 24 heavy (non-hydrogen) atoms. The normalized spacial score (nSPS) is 19.9. The molecule has 0 aliphatic heterocycles. The van der Waals surface area contributed by atoms with Crippen molar-refractivity contribution in [3.63, 3.8) is 0 Å². The zero-order valence-electron chi connectivity index (χ0n) is 13.1. The number of benzene rings is 1. The Hall–Kier alpha value is -1.96. The SMILES string of the molecule is CN(C(=O)c1cc2sc(Nc3ccccc3)nc2s1)C1CC(O)C1. The molecule has 0 radical (unpaired) electrons. The topological polar surface area (TPSA) is 65.5 Å². The number of carbonyl (C=O) groups is 1. The molecule has 1 saturated carbocycles. The predicted octanol–water partition coefficient (Wildman–Crippen LogP) is 3.70. The van der Waals surface area contributed by atoms with Crippen molar-refractivity contribution in [1.82, 2.24) is 9.88 Å². The molecule has 5 nitrogen and oxygen atoms in total. The first-order chi connectivity index (χ1) is 11.6. The third kappa shape index (κ3) is 2.90. The van der Waals surface area contributed by atoms with E-state index in [1.54, 1.807) is 16.2 Å². The number of nitrogens with one attached hydrogen (secondary N) is 1. The average molecular weight is 359 g/mol. The summed E-state index contributed by atoms with van der Waals surface area (Å²) in [7, 11) is 1.81. The number of thiophene rings is 1. The number of hydrogen-bond acceptors (Lipinski definition) is 6. The summed E-state index contributed by atoms with van der Waals surface area (Å²) in [6.45, 7) is 0. The minimum Gasteiger partial charge on any atom is -0.393 e. The van der Waals surface area contributed by atoms with Crippen molar-refractivity contribution in [3.8, 4) is 0 Å². The first-order valence-electron chi connectivity index (χ1n) is 7.78. The van der Waals surface area contributed by atoms with Gasteiger partial charge in [0.2, 0.25) is 0 Å². The molecule has 4 rings (SSSR count). The van der Waals surface area contributed by atoms with Crippen LogP contribution < -0.4 is 5.32 Å². The molecule has 0 bridgehead atoms. The monoisotopic (exact) mass is 359 g/mol. The maximum absolute atomic E-state index is 12.5. The third-order valence-electron chi connectivity index (χ3n) is 4.28. The van der Waals surface area contributed by atoms with Crippen molar-refractivity contribution in [2.75, 3.05) is 12.4 Å². The molecule has 124 valence electrons. The van der Waals surface area contributed by atoms with Gasteiger partial charge in [-0.3, -0.25) is 4.79 Å². The Labute approximate surface area is 147 Å². The number of nitrogens with zero attached hydrogens (tertiary/aromatic N) is 2. The highest BCUT2D eigenvalue weighted by atomic mass is 32.1. The van der Waals surface area contributed by atoms with Gasteiger partial charge in [0.15, 0.2) is 5.13 Å². The molecule has 2 aromatic heterocycles. The highest BCUT2D eigenvalue weighted by Crippen LogP contribution is 2.35. The number of carbonyl (C=O) groups excluding carboxylic acids is 1. The summed E-state index contributed by atoms with van der Waals surface area (Å²) in [5.74, 6) is 0.0136. The van der Waals surface area contributed by atoms with Crippen LogP contribution in [0, 0.1) is 0 Å². The Kier molecular flexibility index (Phi) is 3.99. The molecule has 0 saturated heterocycles. The number of amides is 1. The zero-order valence-corrected chi connectivity index (χ0v) is 14.7.